The third-order valence-electron chi connectivity index (χ3n) is 1.10. The molecule has 0 aromatic carbocycles. The van der Waals surface area contributed by atoms with Gasteiger partial charge >= 0.3 is 0 Å². The molecule has 54 valence electrons. The summed E-state index contributed by atoms with van der Waals surface area (Å²) in [7, 11) is 0. The Labute approximate surface area is 71.2 Å². The van der Waals surface area contributed by atoms with E-state index >= 15 is 0 Å². The predicted octanol–water partition coefficient (Wildman–Crippen LogP) is 1.92. The lowest BCUT2D eigenvalue weighted by Crippen LogP contribution is -2.08. The Hall–Kier alpha value is -0.350. The monoisotopic (exact) mass is 219 g/mol. The zero-order valence-corrected chi connectivity index (χ0v) is 7.75. The van der Waals surface area contributed by atoms with Crippen molar-refractivity contribution >= 4 is 33.2 Å². The zero-order chi connectivity index (χ0) is 7.72. The van der Waals surface area contributed by atoms with Gasteiger partial charge in [-0.05, 0) is 28.9 Å². The number of nitrogens with two attached hydrogens (primary N) is 1. The van der Waals surface area contributed by atoms with Crippen molar-refractivity contribution in [3.8, 4) is 0 Å². The van der Waals surface area contributed by atoms with E-state index in [9.17, 15) is 4.79 Å². The van der Waals surface area contributed by atoms with E-state index in [0.717, 1.165) is 9.35 Å². The van der Waals surface area contributed by atoms with Gasteiger partial charge in [-0.3, -0.25) is 4.79 Å². The van der Waals surface area contributed by atoms with E-state index in [1.165, 1.54) is 11.3 Å². The summed E-state index contributed by atoms with van der Waals surface area (Å²) >= 11 is 4.69. The smallest absolute Gasteiger partial charge is 0.258 e. The van der Waals surface area contributed by atoms with Crippen LogP contribution in [-0.4, -0.2) is 5.91 Å². The van der Waals surface area contributed by atoms with Gasteiger partial charge < -0.3 is 5.73 Å². The SMILES string of the molecule is Cc1sc(C(N)=O)cc1Br. The van der Waals surface area contributed by atoms with Crippen LogP contribution in [0.15, 0.2) is 10.5 Å². The highest BCUT2D eigenvalue weighted by Gasteiger charge is 2.06. The first kappa shape index (κ1) is 7.75. The molecule has 0 spiro atoms. The Bertz CT molecular complexity index is 249. The molecule has 1 heterocycles. The molecule has 0 atom stereocenters. The van der Waals surface area contributed by atoms with Crippen molar-refractivity contribution in [2.24, 2.45) is 5.73 Å². The number of amides is 1. The second-order valence-corrected chi connectivity index (χ2v) is 3.99. The molecule has 1 aromatic rings. The van der Waals surface area contributed by atoms with Gasteiger partial charge in [0.2, 0.25) is 0 Å². The second-order valence-electron chi connectivity index (χ2n) is 1.88. The summed E-state index contributed by atoms with van der Waals surface area (Å²) in [5.41, 5.74) is 5.05. The third kappa shape index (κ3) is 1.38. The van der Waals surface area contributed by atoms with E-state index in [1.807, 2.05) is 6.92 Å². The second kappa shape index (κ2) is 2.72. The van der Waals surface area contributed by atoms with Gasteiger partial charge in [0, 0.05) is 9.35 Å². The minimum Gasteiger partial charge on any atom is -0.365 e. The Morgan fingerprint density at radius 3 is 2.60 bits per heavy atom. The Morgan fingerprint density at radius 2 is 2.40 bits per heavy atom. The van der Waals surface area contributed by atoms with Crippen LogP contribution >= 0.6 is 27.3 Å². The number of thiophene rings is 1. The molecular weight excluding hydrogens is 214 g/mol. The van der Waals surface area contributed by atoms with Gasteiger partial charge in [0.1, 0.15) is 0 Å². The van der Waals surface area contributed by atoms with Gasteiger partial charge in [-0.1, -0.05) is 0 Å². The fourth-order valence-electron chi connectivity index (χ4n) is 0.581. The van der Waals surface area contributed by atoms with Gasteiger partial charge in [0.15, 0.2) is 0 Å². The van der Waals surface area contributed by atoms with Crippen LogP contribution in [0, 0.1) is 6.92 Å². The maximum atomic E-state index is 10.6. The van der Waals surface area contributed by atoms with E-state index in [2.05, 4.69) is 15.9 Å². The molecule has 0 bridgehead atoms. The van der Waals surface area contributed by atoms with Crippen molar-refractivity contribution in [1.82, 2.24) is 0 Å². The highest BCUT2D eigenvalue weighted by molar-refractivity contribution is 9.10. The summed E-state index contributed by atoms with van der Waals surface area (Å²) < 4.78 is 0.950. The first-order valence-electron chi connectivity index (χ1n) is 2.67. The maximum Gasteiger partial charge on any atom is 0.258 e. The number of aryl methyl sites for hydroxylation is 1. The van der Waals surface area contributed by atoms with Crippen molar-refractivity contribution in [2.75, 3.05) is 0 Å². The van der Waals surface area contributed by atoms with Crippen molar-refractivity contribution in [1.29, 1.82) is 0 Å². The standard InChI is InChI=1S/C6H6BrNOS/c1-3-4(7)2-5(10-3)6(8)9/h2H,1H3,(H2,8,9). The van der Waals surface area contributed by atoms with Crippen LogP contribution in [-0.2, 0) is 0 Å². The normalized spacial score (nSPS) is 9.80. The number of hydrogen-bond donors (Lipinski definition) is 1. The number of carbonyl (C=O) groups is 1. The lowest BCUT2D eigenvalue weighted by atomic mass is 10.4. The van der Waals surface area contributed by atoms with Crippen LogP contribution in [0.1, 0.15) is 14.5 Å². The molecule has 2 N–H and O–H groups in total. The van der Waals surface area contributed by atoms with Crippen LogP contribution in [0.2, 0.25) is 0 Å². The van der Waals surface area contributed by atoms with Gasteiger partial charge in [0.25, 0.3) is 5.91 Å². The lowest BCUT2D eigenvalue weighted by Gasteiger charge is -1.81. The maximum absolute atomic E-state index is 10.6. The largest absolute Gasteiger partial charge is 0.365 e. The van der Waals surface area contributed by atoms with Crippen molar-refractivity contribution in [3.05, 3.63) is 20.3 Å². The number of carbonyl (C=O) groups excluding carboxylic acids is 1. The summed E-state index contributed by atoms with van der Waals surface area (Å²) in [4.78, 5) is 12.3. The average Bonchev–Trinajstić information content (AvgIpc) is 2.13. The van der Waals surface area contributed by atoms with E-state index in [4.69, 9.17) is 5.73 Å². The number of rotatable bonds is 1. The van der Waals surface area contributed by atoms with Crippen LogP contribution in [0.3, 0.4) is 0 Å². The molecule has 2 nitrogen and oxygen atoms in total. The Balaban J connectivity index is 3.10. The van der Waals surface area contributed by atoms with Gasteiger partial charge in [-0.25, -0.2) is 0 Å². The molecule has 0 aliphatic carbocycles. The summed E-state index contributed by atoms with van der Waals surface area (Å²) in [6, 6.07) is 1.74. The van der Waals surface area contributed by atoms with Crippen molar-refractivity contribution in [3.63, 3.8) is 0 Å². The molecule has 1 amide bonds. The fourth-order valence-corrected chi connectivity index (χ4v) is 1.97. The van der Waals surface area contributed by atoms with Gasteiger partial charge in [-0.2, -0.15) is 0 Å². The van der Waals surface area contributed by atoms with Crippen LogP contribution < -0.4 is 5.73 Å². The molecular formula is C6H6BrNOS. The summed E-state index contributed by atoms with van der Waals surface area (Å²) in [5, 5.41) is 0. The molecule has 0 aliphatic heterocycles. The molecule has 10 heavy (non-hydrogen) atoms. The molecule has 0 unspecified atom stereocenters. The molecule has 0 aliphatic rings. The first-order chi connectivity index (χ1) is 4.61. The lowest BCUT2D eigenvalue weighted by molar-refractivity contribution is 0.100. The van der Waals surface area contributed by atoms with Crippen molar-refractivity contribution in [2.45, 2.75) is 6.92 Å². The molecule has 1 rings (SSSR count). The molecule has 1 aromatic heterocycles. The van der Waals surface area contributed by atoms with Gasteiger partial charge in [0.05, 0.1) is 4.88 Å². The van der Waals surface area contributed by atoms with E-state index < -0.39 is 0 Å². The summed E-state index contributed by atoms with van der Waals surface area (Å²) in [5.74, 6) is -0.362. The highest BCUT2D eigenvalue weighted by atomic mass is 79.9. The Kier molecular flexibility index (Phi) is 2.11. The average molecular weight is 220 g/mol. The molecule has 0 saturated carbocycles. The van der Waals surface area contributed by atoms with Crippen LogP contribution in [0.25, 0.3) is 0 Å². The molecule has 4 heteroatoms. The number of hydrogen-bond acceptors (Lipinski definition) is 2. The Morgan fingerprint density at radius 1 is 1.80 bits per heavy atom. The highest BCUT2D eigenvalue weighted by Crippen LogP contribution is 2.25. The van der Waals surface area contributed by atoms with Crippen molar-refractivity contribution < 1.29 is 4.79 Å². The fraction of sp³-hybridized carbons (Fsp3) is 0.167. The first-order valence-corrected chi connectivity index (χ1v) is 4.28. The molecule has 0 fully saturated rings. The molecule has 0 radical (unpaired) electrons. The minimum absolute atomic E-state index is 0.362. The quantitative estimate of drug-likeness (QED) is 0.771. The number of halogens is 1. The van der Waals surface area contributed by atoms with E-state index in [1.54, 1.807) is 6.07 Å². The number of primary amides is 1. The van der Waals surface area contributed by atoms with Crippen LogP contribution in [0.5, 0.6) is 0 Å². The van der Waals surface area contributed by atoms with E-state index in [-0.39, 0.29) is 5.91 Å². The summed E-state index contributed by atoms with van der Waals surface area (Å²) in [6.07, 6.45) is 0. The van der Waals surface area contributed by atoms with Crippen LogP contribution in [0.4, 0.5) is 0 Å². The summed E-state index contributed by atoms with van der Waals surface area (Å²) in [6.45, 7) is 1.93. The predicted molar refractivity (Wildman–Crippen MR) is 45.3 cm³/mol. The van der Waals surface area contributed by atoms with Gasteiger partial charge in [-0.15, -0.1) is 11.3 Å². The topological polar surface area (TPSA) is 43.1 Å². The molecule has 0 saturated heterocycles. The third-order valence-corrected chi connectivity index (χ3v) is 3.25. The van der Waals surface area contributed by atoms with E-state index in [0.29, 0.717) is 4.88 Å². The minimum atomic E-state index is -0.362. The zero-order valence-electron chi connectivity index (χ0n) is 5.35.